The molecule has 0 heterocycles. The van der Waals surface area contributed by atoms with Crippen molar-refractivity contribution >= 4 is 23.4 Å². The molecule has 106 valence electrons. The fourth-order valence-corrected chi connectivity index (χ4v) is 2.69. The number of ether oxygens (including phenoxy) is 1. The Morgan fingerprint density at radius 2 is 1.95 bits per heavy atom. The normalized spacial score (nSPS) is 12.2. The Bertz CT molecular complexity index is 575. The molecule has 0 bridgehead atoms. The number of benzene rings is 2. The smallest absolute Gasteiger partial charge is 0.165 e. The van der Waals surface area contributed by atoms with Crippen molar-refractivity contribution in [3.8, 4) is 5.75 Å². The van der Waals surface area contributed by atoms with E-state index in [2.05, 4.69) is 0 Å². The van der Waals surface area contributed by atoms with Gasteiger partial charge in [-0.15, -0.1) is 11.8 Å². The van der Waals surface area contributed by atoms with Crippen molar-refractivity contribution in [3.63, 3.8) is 0 Å². The van der Waals surface area contributed by atoms with E-state index >= 15 is 0 Å². The lowest BCUT2D eigenvalue weighted by molar-refractivity contribution is 0.203. The first-order valence-electron chi connectivity index (χ1n) is 6.00. The fraction of sp³-hybridized carbons (Fsp3) is 0.200. The zero-order chi connectivity index (χ0) is 14.5. The van der Waals surface area contributed by atoms with Crippen LogP contribution in [0, 0.1) is 5.82 Å². The molecule has 0 saturated heterocycles. The summed E-state index contributed by atoms with van der Waals surface area (Å²) in [6.07, 6.45) is -0.740. The van der Waals surface area contributed by atoms with Crippen LogP contribution in [0.15, 0.2) is 47.4 Å². The molecule has 1 N–H and O–H groups in total. The standard InChI is InChI=1S/C15H14ClFO2S/c1-19-15-7-2-10(8-13(15)17)14(18)9-20-12-5-3-11(16)4-6-12/h2-8,14,18H,9H2,1H3. The predicted octanol–water partition coefficient (Wildman–Crippen LogP) is 4.31. The molecule has 0 spiro atoms. The van der Waals surface area contributed by atoms with Gasteiger partial charge in [0, 0.05) is 15.7 Å². The summed E-state index contributed by atoms with van der Waals surface area (Å²) in [5, 5.41) is 10.7. The quantitative estimate of drug-likeness (QED) is 0.834. The highest BCUT2D eigenvalue weighted by Crippen LogP contribution is 2.27. The maximum absolute atomic E-state index is 13.6. The fourth-order valence-electron chi connectivity index (χ4n) is 1.69. The minimum absolute atomic E-state index is 0.173. The number of thioether (sulfide) groups is 1. The molecule has 0 fully saturated rings. The molecule has 0 aromatic heterocycles. The van der Waals surface area contributed by atoms with Gasteiger partial charge in [-0.2, -0.15) is 0 Å². The van der Waals surface area contributed by atoms with Gasteiger partial charge in [-0.05, 0) is 42.0 Å². The lowest BCUT2D eigenvalue weighted by Gasteiger charge is -2.12. The first-order valence-corrected chi connectivity index (χ1v) is 7.36. The largest absolute Gasteiger partial charge is 0.494 e. The van der Waals surface area contributed by atoms with E-state index in [0.29, 0.717) is 16.3 Å². The Hall–Kier alpha value is -1.23. The summed E-state index contributed by atoms with van der Waals surface area (Å²) in [6.45, 7) is 0. The van der Waals surface area contributed by atoms with Crippen molar-refractivity contribution in [1.82, 2.24) is 0 Å². The van der Waals surface area contributed by atoms with Crippen LogP contribution in [0.25, 0.3) is 0 Å². The lowest BCUT2D eigenvalue weighted by atomic mass is 10.1. The van der Waals surface area contributed by atoms with E-state index in [1.54, 1.807) is 18.2 Å². The van der Waals surface area contributed by atoms with Crippen molar-refractivity contribution in [2.75, 3.05) is 12.9 Å². The zero-order valence-corrected chi connectivity index (χ0v) is 12.4. The average Bonchev–Trinajstić information content (AvgIpc) is 2.46. The van der Waals surface area contributed by atoms with E-state index in [4.69, 9.17) is 16.3 Å². The van der Waals surface area contributed by atoms with Crippen LogP contribution in [0.2, 0.25) is 5.02 Å². The molecule has 1 atom stereocenters. The second kappa shape index (κ2) is 6.97. The van der Waals surface area contributed by atoms with E-state index in [1.165, 1.54) is 31.0 Å². The van der Waals surface area contributed by atoms with Crippen LogP contribution in [-0.2, 0) is 0 Å². The van der Waals surface area contributed by atoms with Crippen LogP contribution in [0.5, 0.6) is 5.75 Å². The molecule has 5 heteroatoms. The van der Waals surface area contributed by atoms with Crippen molar-refractivity contribution in [1.29, 1.82) is 0 Å². The van der Waals surface area contributed by atoms with Crippen LogP contribution >= 0.6 is 23.4 Å². The first-order chi connectivity index (χ1) is 9.60. The summed E-state index contributed by atoms with van der Waals surface area (Å²) in [4.78, 5) is 1.00. The molecule has 2 aromatic carbocycles. The number of rotatable bonds is 5. The van der Waals surface area contributed by atoms with Gasteiger partial charge >= 0.3 is 0 Å². The zero-order valence-electron chi connectivity index (χ0n) is 10.8. The predicted molar refractivity (Wildman–Crippen MR) is 80.1 cm³/mol. The van der Waals surface area contributed by atoms with Gasteiger partial charge < -0.3 is 9.84 Å². The van der Waals surface area contributed by atoms with E-state index in [1.807, 2.05) is 12.1 Å². The molecule has 0 aliphatic heterocycles. The Morgan fingerprint density at radius 3 is 2.55 bits per heavy atom. The molecule has 0 aliphatic carbocycles. The van der Waals surface area contributed by atoms with Gasteiger partial charge in [0.15, 0.2) is 11.6 Å². The molecule has 2 aromatic rings. The molecule has 0 radical (unpaired) electrons. The Kier molecular flexibility index (Phi) is 5.29. The van der Waals surface area contributed by atoms with Gasteiger partial charge in [0.25, 0.3) is 0 Å². The Labute approximate surface area is 126 Å². The van der Waals surface area contributed by atoms with Gasteiger partial charge in [-0.25, -0.2) is 4.39 Å². The maximum atomic E-state index is 13.6. The lowest BCUT2D eigenvalue weighted by Crippen LogP contribution is -2.01. The van der Waals surface area contributed by atoms with Gasteiger partial charge in [0.05, 0.1) is 13.2 Å². The summed E-state index contributed by atoms with van der Waals surface area (Å²) in [7, 11) is 1.41. The third-order valence-electron chi connectivity index (χ3n) is 2.78. The minimum atomic E-state index is -0.740. The molecular weight excluding hydrogens is 299 g/mol. The molecule has 0 aliphatic rings. The number of aliphatic hydroxyl groups excluding tert-OH is 1. The monoisotopic (exact) mass is 312 g/mol. The van der Waals surface area contributed by atoms with E-state index < -0.39 is 11.9 Å². The second-order valence-electron chi connectivity index (χ2n) is 4.17. The molecule has 2 rings (SSSR count). The summed E-state index contributed by atoms with van der Waals surface area (Å²) in [5.74, 6) is 0.139. The highest BCUT2D eigenvalue weighted by atomic mass is 35.5. The third-order valence-corrected chi connectivity index (χ3v) is 4.12. The van der Waals surface area contributed by atoms with Crippen LogP contribution in [0.4, 0.5) is 4.39 Å². The van der Waals surface area contributed by atoms with E-state index in [-0.39, 0.29) is 5.75 Å². The molecule has 1 unspecified atom stereocenters. The topological polar surface area (TPSA) is 29.5 Å². The molecule has 20 heavy (non-hydrogen) atoms. The summed E-state index contributed by atoms with van der Waals surface area (Å²) < 4.78 is 18.4. The summed E-state index contributed by atoms with van der Waals surface area (Å²) in [5.41, 5.74) is 0.532. The number of aliphatic hydroxyl groups is 1. The van der Waals surface area contributed by atoms with Crippen LogP contribution in [0.3, 0.4) is 0 Å². The van der Waals surface area contributed by atoms with Gasteiger partial charge in [0.2, 0.25) is 0 Å². The maximum Gasteiger partial charge on any atom is 0.165 e. The highest BCUT2D eigenvalue weighted by Gasteiger charge is 2.11. The highest BCUT2D eigenvalue weighted by molar-refractivity contribution is 7.99. The third kappa shape index (κ3) is 3.88. The van der Waals surface area contributed by atoms with Crippen molar-refractivity contribution in [2.45, 2.75) is 11.0 Å². The van der Waals surface area contributed by atoms with E-state index in [0.717, 1.165) is 4.90 Å². The molecule has 2 nitrogen and oxygen atoms in total. The second-order valence-corrected chi connectivity index (χ2v) is 5.70. The minimum Gasteiger partial charge on any atom is -0.494 e. The van der Waals surface area contributed by atoms with Crippen molar-refractivity contribution < 1.29 is 14.2 Å². The van der Waals surface area contributed by atoms with E-state index in [9.17, 15) is 9.50 Å². The number of methoxy groups -OCH3 is 1. The van der Waals surface area contributed by atoms with Crippen molar-refractivity contribution in [2.24, 2.45) is 0 Å². The molecule has 0 amide bonds. The van der Waals surface area contributed by atoms with Crippen LogP contribution < -0.4 is 4.74 Å². The summed E-state index contributed by atoms with van der Waals surface area (Å²) in [6, 6.07) is 11.8. The Balaban J connectivity index is 1.99. The number of hydrogen-bond donors (Lipinski definition) is 1. The van der Waals surface area contributed by atoms with Gasteiger partial charge in [-0.3, -0.25) is 0 Å². The number of halogens is 2. The average molecular weight is 313 g/mol. The van der Waals surface area contributed by atoms with Crippen molar-refractivity contribution in [3.05, 3.63) is 58.9 Å². The first kappa shape index (κ1) is 15.2. The Morgan fingerprint density at radius 1 is 1.25 bits per heavy atom. The SMILES string of the molecule is COc1ccc(C(O)CSc2ccc(Cl)cc2)cc1F. The summed E-state index contributed by atoms with van der Waals surface area (Å²) >= 11 is 7.29. The molecule has 0 saturated carbocycles. The van der Waals surface area contributed by atoms with Gasteiger partial charge in [0.1, 0.15) is 0 Å². The van der Waals surface area contributed by atoms with Gasteiger partial charge in [-0.1, -0.05) is 17.7 Å². The molecular formula is C15H14ClFO2S. The van der Waals surface area contributed by atoms with Crippen LogP contribution in [0.1, 0.15) is 11.7 Å². The number of hydrogen-bond acceptors (Lipinski definition) is 3. The van der Waals surface area contributed by atoms with Crippen LogP contribution in [-0.4, -0.2) is 18.0 Å².